The third kappa shape index (κ3) is 2.67. The van der Waals surface area contributed by atoms with Crippen molar-refractivity contribution in [2.45, 2.75) is 25.8 Å². The van der Waals surface area contributed by atoms with Gasteiger partial charge in [-0.3, -0.25) is 4.98 Å². The summed E-state index contributed by atoms with van der Waals surface area (Å²) in [5.74, 6) is 0.533. The van der Waals surface area contributed by atoms with Crippen LogP contribution in [0.5, 0.6) is 0 Å². The van der Waals surface area contributed by atoms with Crippen LogP contribution in [0.25, 0.3) is 10.8 Å². The Hall–Kier alpha value is -2.19. The smallest absolute Gasteiger partial charge is 0.0732 e. The number of hydrogen-bond donors (Lipinski definition) is 1. The van der Waals surface area contributed by atoms with E-state index >= 15 is 0 Å². The van der Waals surface area contributed by atoms with Crippen LogP contribution < -0.4 is 5.73 Å². The summed E-state index contributed by atoms with van der Waals surface area (Å²) in [6, 6.07) is 18.6. The van der Waals surface area contributed by atoms with Gasteiger partial charge < -0.3 is 5.73 Å². The summed E-state index contributed by atoms with van der Waals surface area (Å²) in [4.78, 5) is 4.52. The molecule has 0 bridgehead atoms. The molecular weight excluding hydrogens is 256 g/mol. The lowest BCUT2D eigenvalue weighted by molar-refractivity contribution is 0.830. The average molecular weight is 276 g/mol. The molecule has 106 valence electrons. The van der Waals surface area contributed by atoms with Crippen LogP contribution in [-0.2, 0) is 0 Å². The zero-order valence-electron chi connectivity index (χ0n) is 12.5. The lowest BCUT2D eigenvalue weighted by Gasteiger charge is -2.15. The van der Waals surface area contributed by atoms with Crippen molar-refractivity contribution in [2.24, 2.45) is 5.73 Å². The summed E-state index contributed by atoms with van der Waals surface area (Å²) in [5, 5.41) is 2.30. The first-order valence-electron chi connectivity index (χ1n) is 7.36. The van der Waals surface area contributed by atoms with Crippen molar-refractivity contribution < 1.29 is 0 Å². The molecule has 21 heavy (non-hydrogen) atoms. The normalized spacial score (nSPS) is 12.8. The van der Waals surface area contributed by atoms with E-state index in [2.05, 4.69) is 55.2 Å². The van der Waals surface area contributed by atoms with Crippen LogP contribution in [0.1, 0.15) is 42.6 Å². The van der Waals surface area contributed by atoms with E-state index in [1.54, 1.807) is 0 Å². The Labute approximate surface area is 125 Å². The number of benzene rings is 2. The molecule has 3 rings (SSSR count). The number of fused-ring (bicyclic) bond motifs is 1. The SMILES string of the molecule is CC(C)c1ccc(C(N)c2nccc3ccccc23)cc1. The maximum absolute atomic E-state index is 6.45. The van der Waals surface area contributed by atoms with Gasteiger partial charge in [-0.15, -0.1) is 0 Å². The van der Waals surface area contributed by atoms with Gasteiger partial charge in [-0.25, -0.2) is 0 Å². The second kappa shape index (κ2) is 5.66. The summed E-state index contributed by atoms with van der Waals surface area (Å²) >= 11 is 0. The van der Waals surface area contributed by atoms with Crippen molar-refractivity contribution in [3.05, 3.63) is 77.6 Å². The second-order valence-corrected chi connectivity index (χ2v) is 5.72. The minimum absolute atomic E-state index is 0.197. The molecule has 1 aromatic heterocycles. The van der Waals surface area contributed by atoms with Crippen molar-refractivity contribution >= 4 is 10.8 Å². The first-order valence-corrected chi connectivity index (χ1v) is 7.36. The second-order valence-electron chi connectivity index (χ2n) is 5.72. The third-order valence-electron chi connectivity index (χ3n) is 3.96. The Morgan fingerprint density at radius 2 is 1.52 bits per heavy atom. The fraction of sp³-hybridized carbons (Fsp3) is 0.211. The van der Waals surface area contributed by atoms with E-state index in [-0.39, 0.29) is 6.04 Å². The molecule has 1 unspecified atom stereocenters. The Kier molecular flexibility index (Phi) is 3.72. The quantitative estimate of drug-likeness (QED) is 0.769. The minimum atomic E-state index is -0.197. The highest BCUT2D eigenvalue weighted by atomic mass is 14.8. The van der Waals surface area contributed by atoms with Crippen molar-refractivity contribution in [3.8, 4) is 0 Å². The Morgan fingerprint density at radius 3 is 2.24 bits per heavy atom. The van der Waals surface area contributed by atoms with E-state index in [1.165, 1.54) is 10.9 Å². The lowest BCUT2D eigenvalue weighted by Crippen LogP contribution is -2.14. The van der Waals surface area contributed by atoms with E-state index in [4.69, 9.17) is 5.73 Å². The van der Waals surface area contributed by atoms with Gasteiger partial charge >= 0.3 is 0 Å². The van der Waals surface area contributed by atoms with E-state index in [1.807, 2.05) is 24.4 Å². The highest BCUT2D eigenvalue weighted by molar-refractivity contribution is 5.85. The van der Waals surface area contributed by atoms with Gasteiger partial charge in [0, 0.05) is 11.6 Å². The molecule has 0 radical (unpaired) electrons. The van der Waals surface area contributed by atoms with Gasteiger partial charge in [-0.1, -0.05) is 62.4 Å². The molecular formula is C19H20N2. The molecule has 0 spiro atoms. The van der Waals surface area contributed by atoms with Gasteiger partial charge in [0.15, 0.2) is 0 Å². The van der Waals surface area contributed by atoms with Gasteiger partial charge in [0.2, 0.25) is 0 Å². The molecule has 0 saturated carbocycles. The van der Waals surface area contributed by atoms with Gasteiger partial charge in [-0.2, -0.15) is 0 Å². The molecule has 2 heteroatoms. The molecule has 0 aliphatic carbocycles. The van der Waals surface area contributed by atoms with Crippen LogP contribution in [0.3, 0.4) is 0 Å². The highest BCUT2D eigenvalue weighted by Crippen LogP contribution is 2.26. The van der Waals surface area contributed by atoms with E-state index in [0.717, 1.165) is 16.6 Å². The molecule has 2 nitrogen and oxygen atoms in total. The molecule has 3 aromatic rings. The maximum Gasteiger partial charge on any atom is 0.0732 e. The van der Waals surface area contributed by atoms with Gasteiger partial charge in [0.25, 0.3) is 0 Å². The van der Waals surface area contributed by atoms with Crippen molar-refractivity contribution in [2.75, 3.05) is 0 Å². The molecule has 0 aliphatic heterocycles. The molecule has 1 heterocycles. The average Bonchev–Trinajstić information content (AvgIpc) is 2.53. The molecule has 2 aromatic carbocycles. The van der Waals surface area contributed by atoms with E-state index < -0.39 is 0 Å². The predicted molar refractivity (Wildman–Crippen MR) is 88.3 cm³/mol. The molecule has 0 fully saturated rings. The number of hydrogen-bond acceptors (Lipinski definition) is 2. The highest BCUT2D eigenvalue weighted by Gasteiger charge is 2.13. The lowest BCUT2D eigenvalue weighted by atomic mass is 9.96. The first-order chi connectivity index (χ1) is 10.2. The summed E-state index contributed by atoms with van der Waals surface area (Å²) in [6.45, 7) is 4.39. The van der Waals surface area contributed by atoms with Crippen LogP contribution >= 0.6 is 0 Å². The largest absolute Gasteiger partial charge is 0.319 e. The third-order valence-corrected chi connectivity index (χ3v) is 3.96. The molecule has 1 atom stereocenters. The van der Waals surface area contributed by atoms with Crippen LogP contribution in [-0.4, -0.2) is 4.98 Å². The molecule has 0 saturated heterocycles. The maximum atomic E-state index is 6.45. The van der Waals surface area contributed by atoms with Gasteiger partial charge in [0.1, 0.15) is 0 Å². The van der Waals surface area contributed by atoms with Crippen molar-refractivity contribution in [1.29, 1.82) is 0 Å². The standard InChI is InChI=1S/C19H20N2/c1-13(2)14-7-9-16(10-8-14)18(20)19-17-6-4-3-5-15(17)11-12-21-19/h3-13,18H,20H2,1-2H3. The monoisotopic (exact) mass is 276 g/mol. The number of nitrogens with zero attached hydrogens (tertiary/aromatic N) is 1. The summed E-state index contributed by atoms with van der Waals surface area (Å²) in [6.07, 6.45) is 1.83. The molecule has 2 N–H and O–H groups in total. The summed E-state index contributed by atoms with van der Waals surface area (Å²) in [5.41, 5.74) is 9.81. The Morgan fingerprint density at radius 1 is 0.857 bits per heavy atom. The van der Waals surface area contributed by atoms with E-state index in [9.17, 15) is 0 Å². The molecule has 0 aliphatic rings. The number of rotatable bonds is 3. The predicted octanol–water partition coefficient (Wildman–Crippen LogP) is 4.41. The fourth-order valence-corrected chi connectivity index (χ4v) is 2.64. The fourth-order valence-electron chi connectivity index (χ4n) is 2.64. The number of aromatic nitrogens is 1. The summed E-state index contributed by atoms with van der Waals surface area (Å²) < 4.78 is 0. The van der Waals surface area contributed by atoms with Crippen LogP contribution in [0.15, 0.2) is 60.8 Å². The van der Waals surface area contributed by atoms with Crippen molar-refractivity contribution in [1.82, 2.24) is 4.98 Å². The summed E-state index contributed by atoms with van der Waals surface area (Å²) in [7, 11) is 0. The Bertz CT molecular complexity index is 740. The first kappa shape index (κ1) is 13.8. The van der Waals surface area contributed by atoms with Crippen LogP contribution in [0.2, 0.25) is 0 Å². The van der Waals surface area contributed by atoms with Crippen LogP contribution in [0, 0.1) is 0 Å². The van der Waals surface area contributed by atoms with Gasteiger partial charge in [-0.05, 0) is 28.5 Å². The Balaban J connectivity index is 2.02. The van der Waals surface area contributed by atoms with Crippen LogP contribution in [0.4, 0.5) is 0 Å². The number of nitrogens with two attached hydrogens (primary N) is 1. The van der Waals surface area contributed by atoms with E-state index in [0.29, 0.717) is 5.92 Å². The zero-order chi connectivity index (χ0) is 14.8. The van der Waals surface area contributed by atoms with Gasteiger partial charge in [0.05, 0.1) is 11.7 Å². The number of pyridine rings is 1. The minimum Gasteiger partial charge on any atom is -0.319 e. The zero-order valence-corrected chi connectivity index (χ0v) is 12.5. The topological polar surface area (TPSA) is 38.9 Å². The van der Waals surface area contributed by atoms with Crippen molar-refractivity contribution in [3.63, 3.8) is 0 Å². The molecule has 0 amide bonds.